The number of thiophene rings is 1. The zero-order valence-corrected chi connectivity index (χ0v) is 17.9. The first-order chi connectivity index (χ1) is 14.0. The van der Waals surface area contributed by atoms with E-state index in [0.717, 1.165) is 23.3 Å². The number of para-hydroxylation sites is 2. The Morgan fingerprint density at radius 2 is 1.97 bits per heavy atom. The molecule has 1 fully saturated rings. The molecule has 1 aliphatic rings. The third-order valence-electron chi connectivity index (χ3n) is 5.27. The van der Waals surface area contributed by atoms with E-state index in [9.17, 15) is 13.2 Å². The molecule has 1 saturated heterocycles. The molecule has 3 aromatic rings. The van der Waals surface area contributed by atoms with Crippen LogP contribution in [-0.2, 0) is 27.8 Å². The van der Waals surface area contributed by atoms with Gasteiger partial charge in [-0.25, -0.2) is 18.1 Å². The van der Waals surface area contributed by atoms with Gasteiger partial charge in [0.2, 0.25) is 15.9 Å². The number of likely N-dealkylation sites (tertiary alicyclic amines) is 1. The van der Waals surface area contributed by atoms with Gasteiger partial charge in [0, 0.05) is 25.6 Å². The maximum Gasteiger partial charge on any atom is 0.250 e. The SMILES string of the molecule is CCc1nc2ccccc2n1CC(=O)N1CCC(NS(=O)(=O)c2cccs2)CC1. The number of carbonyl (C=O) groups excluding carboxylic acids is 1. The number of benzene rings is 1. The molecule has 7 nitrogen and oxygen atoms in total. The van der Waals surface area contributed by atoms with Crippen LogP contribution in [0.1, 0.15) is 25.6 Å². The fourth-order valence-electron chi connectivity index (χ4n) is 3.75. The quantitative estimate of drug-likeness (QED) is 0.649. The fraction of sp³-hybridized carbons (Fsp3) is 0.400. The minimum absolute atomic E-state index is 0.0439. The number of aryl methyl sites for hydroxylation is 1. The summed E-state index contributed by atoms with van der Waals surface area (Å²) in [6.45, 7) is 3.39. The van der Waals surface area contributed by atoms with E-state index < -0.39 is 10.0 Å². The van der Waals surface area contributed by atoms with Crippen molar-refractivity contribution in [1.82, 2.24) is 19.2 Å². The minimum atomic E-state index is -3.48. The molecular weight excluding hydrogens is 408 g/mol. The van der Waals surface area contributed by atoms with Crippen molar-refractivity contribution in [3.05, 3.63) is 47.6 Å². The molecule has 0 aliphatic carbocycles. The number of aromatic nitrogens is 2. The number of fused-ring (bicyclic) bond motifs is 1. The summed E-state index contributed by atoms with van der Waals surface area (Å²) < 4.78 is 29.9. The van der Waals surface area contributed by atoms with Gasteiger partial charge in [-0.1, -0.05) is 25.1 Å². The lowest BCUT2D eigenvalue weighted by Crippen LogP contribution is -2.47. The summed E-state index contributed by atoms with van der Waals surface area (Å²) in [4.78, 5) is 19.3. The molecule has 9 heteroatoms. The van der Waals surface area contributed by atoms with E-state index in [1.807, 2.05) is 40.7 Å². The van der Waals surface area contributed by atoms with Crippen molar-refractivity contribution in [2.45, 2.75) is 43.0 Å². The molecule has 0 unspecified atom stereocenters. The maximum absolute atomic E-state index is 12.9. The predicted octanol–water partition coefficient (Wildman–Crippen LogP) is 2.63. The molecule has 0 spiro atoms. The molecule has 0 saturated carbocycles. The molecule has 1 N–H and O–H groups in total. The molecule has 1 aliphatic heterocycles. The number of imidazole rings is 1. The zero-order valence-electron chi connectivity index (χ0n) is 16.2. The van der Waals surface area contributed by atoms with Gasteiger partial charge >= 0.3 is 0 Å². The predicted molar refractivity (Wildman–Crippen MR) is 113 cm³/mol. The van der Waals surface area contributed by atoms with Crippen molar-refractivity contribution >= 4 is 38.3 Å². The van der Waals surface area contributed by atoms with Crippen LogP contribution < -0.4 is 4.72 Å². The van der Waals surface area contributed by atoms with E-state index in [1.54, 1.807) is 17.5 Å². The van der Waals surface area contributed by atoms with Crippen LogP contribution in [0.25, 0.3) is 11.0 Å². The first kappa shape index (κ1) is 20.1. The van der Waals surface area contributed by atoms with Crippen LogP contribution >= 0.6 is 11.3 Å². The van der Waals surface area contributed by atoms with Crippen LogP contribution in [0.2, 0.25) is 0 Å². The number of carbonyl (C=O) groups is 1. The smallest absolute Gasteiger partial charge is 0.250 e. The molecule has 0 atom stereocenters. The normalized spacial score (nSPS) is 15.8. The van der Waals surface area contributed by atoms with Gasteiger partial charge in [0.25, 0.3) is 0 Å². The highest BCUT2D eigenvalue weighted by Gasteiger charge is 2.27. The number of sulfonamides is 1. The van der Waals surface area contributed by atoms with Crippen LogP contribution in [0.3, 0.4) is 0 Å². The van der Waals surface area contributed by atoms with Gasteiger partial charge < -0.3 is 9.47 Å². The van der Waals surface area contributed by atoms with E-state index >= 15 is 0 Å². The second kappa shape index (κ2) is 8.25. The lowest BCUT2D eigenvalue weighted by Gasteiger charge is -2.32. The summed E-state index contributed by atoms with van der Waals surface area (Å²) >= 11 is 1.21. The summed E-state index contributed by atoms with van der Waals surface area (Å²) in [6.07, 6.45) is 1.98. The van der Waals surface area contributed by atoms with Crippen LogP contribution in [0.15, 0.2) is 46.0 Å². The Balaban J connectivity index is 1.39. The Hall–Kier alpha value is -2.23. The van der Waals surface area contributed by atoms with Gasteiger partial charge in [-0.3, -0.25) is 4.79 Å². The summed E-state index contributed by atoms with van der Waals surface area (Å²) in [6, 6.07) is 11.0. The third-order valence-corrected chi connectivity index (χ3v) is 8.19. The molecule has 1 aromatic carbocycles. The maximum atomic E-state index is 12.9. The highest BCUT2D eigenvalue weighted by Crippen LogP contribution is 2.20. The number of nitrogens with one attached hydrogen (secondary N) is 1. The number of hydrogen-bond acceptors (Lipinski definition) is 5. The minimum Gasteiger partial charge on any atom is -0.341 e. The van der Waals surface area contributed by atoms with Crippen molar-refractivity contribution < 1.29 is 13.2 Å². The summed E-state index contributed by atoms with van der Waals surface area (Å²) in [5.41, 5.74) is 1.87. The largest absolute Gasteiger partial charge is 0.341 e. The van der Waals surface area contributed by atoms with Crippen LogP contribution in [0, 0.1) is 0 Å². The number of rotatable bonds is 6. The zero-order chi connectivity index (χ0) is 20.4. The van der Waals surface area contributed by atoms with Gasteiger partial charge in [-0.15, -0.1) is 11.3 Å². The first-order valence-electron chi connectivity index (χ1n) is 9.75. The Bertz CT molecular complexity index is 1100. The standard InChI is InChI=1S/C20H24N4O3S2/c1-2-18-21-16-6-3-4-7-17(16)24(18)14-19(25)23-11-9-15(10-12-23)22-29(26,27)20-8-5-13-28-20/h3-8,13,15,22H,2,9-12,14H2,1H3. The molecule has 1 amide bonds. The van der Waals surface area contributed by atoms with Gasteiger partial charge in [-0.05, 0) is 36.4 Å². The number of amides is 1. The highest BCUT2D eigenvalue weighted by molar-refractivity contribution is 7.91. The van der Waals surface area contributed by atoms with Crippen molar-refractivity contribution in [2.24, 2.45) is 0 Å². The molecule has 2 aromatic heterocycles. The van der Waals surface area contributed by atoms with Crippen molar-refractivity contribution in [2.75, 3.05) is 13.1 Å². The van der Waals surface area contributed by atoms with E-state index in [1.165, 1.54) is 11.3 Å². The van der Waals surface area contributed by atoms with Crippen LogP contribution in [-0.4, -0.2) is 47.9 Å². The molecule has 3 heterocycles. The first-order valence-corrected chi connectivity index (χ1v) is 12.1. The number of nitrogens with zero attached hydrogens (tertiary/aromatic N) is 3. The van der Waals surface area contributed by atoms with E-state index in [-0.39, 0.29) is 18.5 Å². The molecule has 0 radical (unpaired) electrons. The van der Waals surface area contributed by atoms with E-state index in [4.69, 9.17) is 0 Å². The monoisotopic (exact) mass is 432 g/mol. The van der Waals surface area contributed by atoms with Crippen molar-refractivity contribution in [1.29, 1.82) is 0 Å². The Morgan fingerprint density at radius 3 is 2.66 bits per heavy atom. The van der Waals surface area contributed by atoms with Gasteiger partial charge in [-0.2, -0.15) is 0 Å². The topological polar surface area (TPSA) is 84.3 Å². The molecule has 154 valence electrons. The molecular formula is C20H24N4O3S2. The Morgan fingerprint density at radius 1 is 1.21 bits per heavy atom. The third kappa shape index (κ3) is 4.22. The van der Waals surface area contributed by atoms with Gasteiger partial charge in [0.1, 0.15) is 16.6 Å². The molecule has 29 heavy (non-hydrogen) atoms. The Labute approximate surface area is 174 Å². The fourth-order valence-corrected chi connectivity index (χ4v) is 6.06. The van der Waals surface area contributed by atoms with Gasteiger partial charge in [0.05, 0.1) is 11.0 Å². The molecule has 0 bridgehead atoms. The average Bonchev–Trinajstić information content (AvgIpc) is 3.37. The summed E-state index contributed by atoms with van der Waals surface area (Å²) in [5.74, 6) is 0.945. The molecule has 4 rings (SSSR count). The Kier molecular flexibility index (Phi) is 5.71. The average molecular weight is 433 g/mol. The van der Waals surface area contributed by atoms with Crippen molar-refractivity contribution in [3.63, 3.8) is 0 Å². The van der Waals surface area contributed by atoms with E-state index in [2.05, 4.69) is 9.71 Å². The van der Waals surface area contributed by atoms with E-state index in [0.29, 0.717) is 30.1 Å². The lowest BCUT2D eigenvalue weighted by molar-refractivity contribution is -0.132. The second-order valence-corrected chi connectivity index (χ2v) is 10.1. The second-order valence-electron chi connectivity index (χ2n) is 7.16. The van der Waals surface area contributed by atoms with Crippen molar-refractivity contribution in [3.8, 4) is 0 Å². The van der Waals surface area contributed by atoms with Crippen LogP contribution in [0.4, 0.5) is 0 Å². The number of hydrogen-bond donors (Lipinski definition) is 1. The summed E-state index contributed by atoms with van der Waals surface area (Å²) in [7, 11) is -3.48. The summed E-state index contributed by atoms with van der Waals surface area (Å²) in [5, 5.41) is 1.75. The number of piperidine rings is 1. The van der Waals surface area contributed by atoms with Gasteiger partial charge in [0.15, 0.2) is 0 Å². The lowest BCUT2D eigenvalue weighted by atomic mass is 10.1. The highest BCUT2D eigenvalue weighted by atomic mass is 32.2. The van der Waals surface area contributed by atoms with Crippen LogP contribution in [0.5, 0.6) is 0 Å².